The van der Waals surface area contributed by atoms with Crippen LogP contribution in [0.15, 0.2) is 83.4 Å². The molecule has 5 aromatic rings. The van der Waals surface area contributed by atoms with Crippen LogP contribution in [0.25, 0.3) is 22.3 Å². The van der Waals surface area contributed by atoms with Crippen LogP contribution < -0.4 is 4.74 Å². The van der Waals surface area contributed by atoms with E-state index in [-0.39, 0.29) is 29.6 Å². The fourth-order valence-corrected chi connectivity index (χ4v) is 4.82. The first-order valence-electron chi connectivity index (χ1n) is 12.9. The molecule has 0 fully saturated rings. The van der Waals surface area contributed by atoms with Crippen LogP contribution in [0.3, 0.4) is 0 Å². The van der Waals surface area contributed by atoms with Crippen LogP contribution in [-0.2, 0) is 12.2 Å². The Labute approximate surface area is 227 Å². The molecule has 0 saturated carbocycles. The van der Waals surface area contributed by atoms with Gasteiger partial charge >= 0.3 is 0 Å². The van der Waals surface area contributed by atoms with E-state index in [2.05, 4.69) is 48.0 Å². The van der Waals surface area contributed by atoms with Gasteiger partial charge in [0.25, 0.3) is 5.89 Å². The Balaban J connectivity index is 1.55. The second-order valence-electron chi connectivity index (χ2n) is 11.4. The predicted molar refractivity (Wildman–Crippen MR) is 149 cm³/mol. The highest BCUT2D eigenvalue weighted by molar-refractivity contribution is 5.78. The molecule has 7 heteroatoms. The summed E-state index contributed by atoms with van der Waals surface area (Å²) in [5.74, 6) is 0.922. The molecule has 2 heterocycles. The van der Waals surface area contributed by atoms with Crippen molar-refractivity contribution in [2.45, 2.75) is 52.7 Å². The summed E-state index contributed by atoms with van der Waals surface area (Å²) in [5, 5.41) is 15.3. The summed E-state index contributed by atoms with van der Waals surface area (Å²) in [6, 6.07) is 24.4. The third-order valence-corrected chi connectivity index (χ3v) is 6.62. The Morgan fingerprint density at radius 3 is 2.36 bits per heavy atom. The van der Waals surface area contributed by atoms with Crippen LogP contribution in [-0.4, -0.2) is 20.2 Å². The van der Waals surface area contributed by atoms with Crippen LogP contribution in [0, 0.1) is 11.2 Å². The zero-order valence-corrected chi connectivity index (χ0v) is 22.8. The molecule has 0 spiro atoms. The fourth-order valence-electron chi connectivity index (χ4n) is 4.82. The topological polar surface area (TPSA) is 81.3 Å². The van der Waals surface area contributed by atoms with E-state index >= 15 is 0 Å². The second-order valence-corrected chi connectivity index (χ2v) is 11.4. The minimum atomic E-state index is -1.25. The van der Waals surface area contributed by atoms with Gasteiger partial charge in [0.15, 0.2) is 0 Å². The van der Waals surface area contributed by atoms with Gasteiger partial charge in [-0.3, -0.25) is 0 Å². The summed E-state index contributed by atoms with van der Waals surface area (Å²) in [6.07, 6.45) is 0. The van der Waals surface area contributed by atoms with E-state index in [1.54, 1.807) is 19.9 Å². The lowest BCUT2D eigenvalue weighted by Crippen LogP contribution is -2.21. The van der Waals surface area contributed by atoms with E-state index in [1.807, 2.05) is 48.5 Å². The minimum absolute atomic E-state index is 0.0185. The van der Waals surface area contributed by atoms with Gasteiger partial charge in [0.05, 0.1) is 11.2 Å². The summed E-state index contributed by atoms with van der Waals surface area (Å²) in [5.41, 5.74) is 2.97. The lowest BCUT2D eigenvalue weighted by molar-refractivity contribution is 0.0420. The molecule has 200 valence electrons. The maximum absolute atomic E-state index is 13.6. The van der Waals surface area contributed by atoms with Crippen LogP contribution in [0.5, 0.6) is 5.75 Å². The molecule has 0 bridgehead atoms. The molecule has 0 aliphatic heterocycles. The summed E-state index contributed by atoms with van der Waals surface area (Å²) in [4.78, 5) is 9.14. The molecule has 0 aliphatic rings. The van der Waals surface area contributed by atoms with E-state index in [9.17, 15) is 9.50 Å². The predicted octanol–water partition coefficient (Wildman–Crippen LogP) is 7.41. The quantitative estimate of drug-likeness (QED) is 0.238. The van der Waals surface area contributed by atoms with Gasteiger partial charge in [-0.25, -0.2) is 9.37 Å². The number of aliphatic hydroxyl groups is 1. The van der Waals surface area contributed by atoms with Crippen LogP contribution in [0.2, 0.25) is 0 Å². The number of fused-ring (bicyclic) bond motifs is 1. The monoisotopic (exact) mass is 525 g/mol. The molecule has 39 heavy (non-hydrogen) atoms. The molecule has 1 unspecified atom stereocenters. The van der Waals surface area contributed by atoms with E-state index < -0.39 is 5.60 Å². The van der Waals surface area contributed by atoms with Crippen molar-refractivity contribution in [2.75, 3.05) is 0 Å². The molecule has 2 aromatic heterocycles. The van der Waals surface area contributed by atoms with Crippen LogP contribution in [0.4, 0.5) is 4.39 Å². The Kier molecular flexibility index (Phi) is 6.95. The molecule has 0 aliphatic carbocycles. The van der Waals surface area contributed by atoms with Crippen molar-refractivity contribution in [1.82, 2.24) is 15.1 Å². The number of ether oxygens (including phenoxy) is 1. The first-order valence-corrected chi connectivity index (χ1v) is 12.9. The Bertz CT molecular complexity index is 1600. The molecule has 1 N–H and O–H groups in total. The first-order chi connectivity index (χ1) is 18.5. The highest BCUT2D eigenvalue weighted by Crippen LogP contribution is 2.45. The van der Waals surface area contributed by atoms with Crippen molar-refractivity contribution in [1.29, 1.82) is 0 Å². The summed E-state index contributed by atoms with van der Waals surface area (Å²) < 4.78 is 25.2. The molecule has 0 saturated heterocycles. The average molecular weight is 526 g/mol. The number of pyridine rings is 1. The molecular formula is C32H32FN3O3. The normalized spacial score (nSPS) is 13.0. The van der Waals surface area contributed by atoms with Gasteiger partial charge in [-0.2, -0.15) is 4.98 Å². The molecule has 0 amide bonds. The van der Waals surface area contributed by atoms with Crippen LogP contribution in [0.1, 0.15) is 63.2 Å². The number of hydrogen-bond donors (Lipinski definition) is 1. The van der Waals surface area contributed by atoms with E-state index in [0.717, 1.165) is 27.8 Å². The molecular weight excluding hydrogens is 493 g/mol. The van der Waals surface area contributed by atoms with Gasteiger partial charge in [-0.05, 0) is 72.9 Å². The van der Waals surface area contributed by atoms with Crippen molar-refractivity contribution in [2.24, 2.45) is 5.41 Å². The average Bonchev–Trinajstić information content (AvgIpc) is 3.38. The summed E-state index contributed by atoms with van der Waals surface area (Å²) >= 11 is 0. The van der Waals surface area contributed by atoms with Gasteiger partial charge < -0.3 is 14.4 Å². The summed E-state index contributed by atoms with van der Waals surface area (Å²) in [7, 11) is 0. The number of aromatic nitrogens is 3. The number of halogens is 1. The first kappa shape index (κ1) is 26.5. The zero-order chi connectivity index (χ0) is 27.8. The standard InChI is InChI=1S/C32H32FN3O3/c1-31(2,3)28(20-9-7-6-8-10-20)26-18-24(14-15-25(26)29-35-30(39-36-29)32(4,5)37)38-19-23-13-11-21-17-22(33)12-16-27(21)34-23/h6-18,28,37H,19H2,1-5H3. The largest absolute Gasteiger partial charge is 0.487 e. The number of hydrogen-bond acceptors (Lipinski definition) is 6. The van der Waals surface area contributed by atoms with E-state index in [1.165, 1.54) is 12.1 Å². The van der Waals surface area contributed by atoms with Gasteiger partial charge in [-0.15, -0.1) is 0 Å². The van der Waals surface area contributed by atoms with Crippen molar-refractivity contribution < 1.29 is 18.8 Å². The Hall–Kier alpha value is -4.10. The summed E-state index contributed by atoms with van der Waals surface area (Å²) in [6.45, 7) is 10.1. The maximum atomic E-state index is 13.6. The van der Waals surface area contributed by atoms with E-state index in [0.29, 0.717) is 17.1 Å². The van der Waals surface area contributed by atoms with E-state index in [4.69, 9.17) is 9.26 Å². The molecule has 3 aromatic carbocycles. The Morgan fingerprint density at radius 2 is 1.67 bits per heavy atom. The highest BCUT2D eigenvalue weighted by Gasteiger charge is 2.32. The second kappa shape index (κ2) is 10.2. The number of rotatable bonds is 7. The maximum Gasteiger partial charge on any atom is 0.258 e. The number of nitrogens with zero attached hydrogens (tertiary/aromatic N) is 3. The van der Waals surface area contributed by atoms with Gasteiger partial charge in [0.2, 0.25) is 5.82 Å². The molecule has 6 nitrogen and oxygen atoms in total. The minimum Gasteiger partial charge on any atom is -0.487 e. The Morgan fingerprint density at radius 1 is 0.897 bits per heavy atom. The van der Waals surface area contributed by atoms with Crippen molar-refractivity contribution >= 4 is 10.9 Å². The van der Waals surface area contributed by atoms with Crippen LogP contribution >= 0.6 is 0 Å². The van der Waals surface area contributed by atoms with Gasteiger partial charge in [-0.1, -0.05) is 62.3 Å². The third kappa shape index (κ3) is 5.83. The number of benzene rings is 3. The smallest absolute Gasteiger partial charge is 0.258 e. The van der Waals surface area contributed by atoms with Gasteiger partial charge in [0, 0.05) is 16.9 Å². The molecule has 0 radical (unpaired) electrons. The highest BCUT2D eigenvalue weighted by atomic mass is 19.1. The lowest BCUT2D eigenvalue weighted by atomic mass is 9.71. The third-order valence-electron chi connectivity index (χ3n) is 6.62. The lowest BCUT2D eigenvalue weighted by Gasteiger charge is -2.33. The zero-order valence-electron chi connectivity index (χ0n) is 22.8. The van der Waals surface area contributed by atoms with Crippen molar-refractivity contribution in [3.8, 4) is 17.1 Å². The van der Waals surface area contributed by atoms with Crippen molar-refractivity contribution in [3.63, 3.8) is 0 Å². The molecule has 1 atom stereocenters. The van der Waals surface area contributed by atoms with Crippen molar-refractivity contribution in [3.05, 3.63) is 107 Å². The van der Waals surface area contributed by atoms with Gasteiger partial charge in [0.1, 0.15) is 23.8 Å². The fraction of sp³-hybridized carbons (Fsp3) is 0.281. The SMILES string of the molecule is CC(C)(O)c1nc(-c2ccc(OCc3ccc4cc(F)ccc4n3)cc2C(c2ccccc2)C(C)(C)C)no1. The molecule has 5 rings (SSSR count).